The lowest BCUT2D eigenvalue weighted by Gasteiger charge is -2.26. The molecular formula is C13H20N2O. The molecule has 0 bridgehead atoms. The summed E-state index contributed by atoms with van der Waals surface area (Å²) in [6.07, 6.45) is 1.22. The normalized spacial score (nSPS) is 19.8. The second-order valence-electron chi connectivity index (χ2n) is 4.41. The van der Waals surface area contributed by atoms with E-state index in [4.69, 9.17) is 4.74 Å². The van der Waals surface area contributed by atoms with E-state index in [0.29, 0.717) is 6.04 Å². The average molecular weight is 220 g/mol. The largest absolute Gasteiger partial charge is 0.496 e. The number of nitrogens with zero attached hydrogens (tertiary/aromatic N) is 1. The zero-order valence-corrected chi connectivity index (χ0v) is 10.3. The lowest BCUT2D eigenvalue weighted by molar-refractivity contribution is 0.411. The van der Waals surface area contributed by atoms with Gasteiger partial charge in [0.25, 0.3) is 0 Å². The van der Waals surface area contributed by atoms with Crippen molar-refractivity contribution in [3.05, 3.63) is 23.8 Å². The minimum atomic E-state index is 0.618. The van der Waals surface area contributed by atoms with Crippen molar-refractivity contribution in [3.63, 3.8) is 0 Å². The quantitative estimate of drug-likeness (QED) is 0.840. The smallest absolute Gasteiger partial charge is 0.121 e. The number of ether oxygens (including phenoxy) is 1. The minimum Gasteiger partial charge on any atom is -0.496 e. The first-order valence-electron chi connectivity index (χ1n) is 5.80. The van der Waals surface area contributed by atoms with E-state index in [1.165, 1.54) is 17.7 Å². The van der Waals surface area contributed by atoms with E-state index in [1.54, 1.807) is 7.11 Å². The van der Waals surface area contributed by atoms with Crippen LogP contribution in [0.4, 0.5) is 5.69 Å². The molecule has 1 aromatic rings. The highest BCUT2D eigenvalue weighted by molar-refractivity contribution is 5.53. The van der Waals surface area contributed by atoms with E-state index in [-0.39, 0.29) is 0 Å². The second kappa shape index (κ2) is 4.74. The van der Waals surface area contributed by atoms with Crippen molar-refractivity contribution >= 4 is 5.69 Å². The van der Waals surface area contributed by atoms with Crippen LogP contribution in [0.3, 0.4) is 0 Å². The summed E-state index contributed by atoms with van der Waals surface area (Å²) in [4.78, 5) is 2.35. The topological polar surface area (TPSA) is 24.5 Å². The van der Waals surface area contributed by atoms with Gasteiger partial charge in [-0.15, -0.1) is 0 Å². The molecule has 1 heterocycles. The first kappa shape index (κ1) is 11.3. The second-order valence-corrected chi connectivity index (χ2v) is 4.41. The van der Waals surface area contributed by atoms with Gasteiger partial charge in [-0.1, -0.05) is 0 Å². The molecule has 0 spiro atoms. The number of aryl methyl sites for hydroxylation is 1. The third-order valence-corrected chi connectivity index (χ3v) is 3.37. The molecule has 1 unspecified atom stereocenters. The summed E-state index contributed by atoms with van der Waals surface area (Å²) in [5.74, 6) is 0.960. The van der Waals surface area contributed by atoms with Gasteiger partial charge < -0.3 is 15.0 Å². The van der Waals surface area contributed by atoms with E-state index < -0.39 is 0 Å². The predicted octanol–water partition coefficient (Wildman–Crippen LogP) is 1.80. The van der Waals surface area contributed by atoms with Crippen molar-refractivity contribution in [2.45, 2.75) is 19.4 Å². The van der Waals surface area contributed by atoms with Crippen molar-refractivity contribution in [2.75, 3.05) is 32.1 Å². The maximum absolute atomic E-state index is 5.27. The van der Waals surface area contributed by atoms with Crippen LogP contribution in [0.2, 0.25) is 0 Å². The van der Waals surface area contributed by atoms with Gasteiger partial charge in [-0.3, -0.25) is 0 Å². The molecule has 3 nitrogen and oxygen atoms in total. The van der Waals surface area contributed by atoms with Gasteiger partial charge in [-0.05, 0) is 43.7 Å². The Morgan fingerprint density at radius 2 is 2.25 bits per heavy atom. The molecule has 1 atom stereocenters. The molecule has 0 aromatic heterocycles. The van der Waals surface area contributed by atoms with Crippen LogP contribution in [0.25, 0.3) is 0 Å². The number of rotatable bonds is 3. The summed E-state index contributed by atoms with van der Waals surface area (Å²) in [6, 6.07) is 6.98. The molecule has 1 aromatic carbocycles. The fourth-order valence-electron chi connectivity index (χ4n) is 2.26. The van der Waals surface area contributed by atoms with Crippen molar-refractivity contribution in [1.82, 2.24) is 5.32 Å². The summed E-state index contributed by atoms with van der Waals surface area (Å²) in [5.41, 5.74) is 2.46. The fraction of sp³-hybridized carbons (Fsp3) is 0.538. The molecule has 16 heavy (non-hydrogen) atoms. The van der Waals surface area contributed by atoms with Gasteiger partial charge >= 0.3 is 0 Å². The summed E-state index contributed by atoms with van der Waals surface area (Å²) in [6.45, 7) is 4.30. The highest BCUT2D eigenvalue weighted by atomic mass is 16.5. The van der Waals surface area contributed by atoms with Gasteiger partial charge in [0.2, 0.25) is 0 Å². The van der Waals surface area contributed by atoms with Crippen LogP contribution in [0.5, 0.6) is 5.75 Å². The Kier molecular flexibility index (Phi) is 3.34. The summed E-state index contributed by atoms with van der Waals surface area (Å²) in [7, 11) is 3.88. The van der Waals surface area contributed by atoms with E-state index in [9.17, 15) is 0 Å². The number of likely N-dealkylation sites (N-methyl/N-ethyl adjacent to an activating group) is 1. The Morgan fingerprint density at radius 1 is 1.44 bits per heavy atom. The van der Waals surface area contributed by atoms with Gasteiger partial charge in [0.05, 0.1) is 7.11 Å². The molecule has 0 aliphatic carbocycles. The Morgan fingerprint density at radius 3 is 2.81 bits per heavy atom. The molecule has 0 radical (unpaired) electrons. The molecule has 1 fully saturated rings. The number of hydrogen-bond acceptors (Lipinski definition) is 3. The van der Waals surface area contributed by atoms with Crippen molar-refractivity contribution < 1.29 is 4.74 Å². The standard InChI is InChI=1S/C13H20N2O/c1-10-8-11(4-5-13(10)16-3)15(2)12-6-7-14-9-12/h4-5,8,12,14H,6-7,9H2,1-3H3. The van der Waals surface area contributed by atoms with Crippen LogP contribution < -0.4 is 15.0 Å². The molecule has 88 valence electrons. The monoisotopic (exact) mass is 220 g/mol. The Hall–Kier alpha value is -1.22. The fourth-order valence-corrected chi connectivity index (χ4v) is 2.26. The molecule has 1 aliphatic heterocycles. The lowest BCUT2D eigenvalue weighted by atomic mass is 10.1. The first-order valence-corrected chi connectivity index (χ1v) is 5.80. The number of benzene rings is 1. The molecule has 2 rings (SSSR count). The van der Waals surface area contributed by atoms with Gasteiger partial charge in [-0.2, -0.15) is 0 Å². The van der Waals surface area contributed by atoms with Crippen LogP contribution in [-0.4, -0.2) is 33.3 Å². The van der Waals surface area contributed by atoms with E-state index in [2.05, 4.69) is 36.3 Å². The molecule has 0 saturated carbocycles. The Balaban J connectivity index is 2.16. The van der Waals surface area contributed by atoms with E-state index in [0.717, 1.165) is 18.8 Å². The average Bonchev–Trinajstić information content (AvgIpc) is 2.81. The number of hydrogen-bond donors (Lipinski definition) is 1. The molecule has 0 amide bonds. The van der Waals surface area contributed by atoms with E-state index >= 15 is 0 Å². The highest BCUT2D eigenvalue weighted by Gasteiger charge is 2.19. The third kappa shape index (κ3) is 2.14. The van der Waals surface area contributed by atoms with Gasteiger partial charge in [0.15, 0.2) is 0 Å². The van der Waals surface area contributed by atoms with Crippen LogP contribution >= 0.6 is 0 Å². The molecule has 1 aliphatic rings. The SMILES string of the molecule is COc1ccc(N(C)C2CCNC2)cc1C. The summed E-state index contributed by atoms with van der Waals surface area (Å²) >= 11 is 0. The third-order valence-electron chi connectivity index (χ3n) is 3.37. The van der Waals surface area contributed by atoms with Crippen LogP contribution in [-0.2, 0) is 0 Å². The van der Waals surface area contributed by atoms with Crippen LogP contribution in [0, 0.1) is 6.92 Å². The van der Waals surface area contributed by atoms with Crippen LogP contribution in [0.15, 0.2) is 18.2 Å². The first-order chi connectivity index (χ1) is 7.72. The molecule has 1 N–H and O–H groups in total. The van der Waals surface area contributed by atoms with Crippen molar-refractivity contribution in [2.24, 2.45) is 0 Å². The highest BCUT2D eigenvalue weighted by Crippen LogP contribution is 2.25. The number of nitrogens with one attached hydrogen (secondary N) is 1. The molecule has 1 saturated heterocycles. The minimum absolute atomic E-state index is 0.618. The summed E-state index contributed by atoms with van der Waals surface area (Å²) < 4.78 is 5.27. The molecule has 3 heteroatoms. The van der Waals surface area contributed by atoms with Gasteiger partial charge in [0.1, 0.15) is 5.75 Å². The lowest BCUT2D eigenvalue weighted by Crippen LogP contribution is -2.33. The maximum atomic E-state index is 5.27. The van der Waals surface area contributed by atoms with E-state index in [1.807, 2.05) is 6.07 Å². The molecular weight excluding hydrogens is 200 g/mol. The van der Waals surface area contributed by atoms with Crippen molar-refractivity contribution in [3.8, 4) is 5.75 Å². The Bertz CT molecular complexity index is 359. The summed E-state index contributed by atoms with van der Waals surface area (Å²) in [5, 5.41) is 3.39. The predicted molar refractivity (Wildman–Crippen MR) is 67.4 cm³/mol. The van der Waals surface area contributed by atoms with Gasteiger partial charge in [0, 0.05) is 25.3 Å². The zero-order valence-electron chi connectivity index (χ0n) is 10.3. The van der Waals surface area contributed by atoms with Crippen LogP contribution in [0.1, 0.15) is 12.0 Å². The zero-order chi connectivity index (χ0) is 11.5. The maximum Gasteiger partial charge on any atom is 0.121 e. The Labute approximate surface area is 97.4 Å². The van der Waals surface area contributed by atoms with Gasteiger partial charge in [-0.25, -0.2) is 0 Å². The number of anilines is 1. The number of methoxy groups -OCH3 is 1. The van der Waals surface area contributed by atoms with Crippen molar-refractivity contribution in [1.29, 1.82) is 0 Å².